The number of likely N-dealkylation sites (tertiary alicyclic amines) is 1. The Morgan fingerprint density at radius 1 is 0.897 bits per heavy atom. The van der Waals surface area contributed by atoms with Gasteiger partial charge in [-0.15, -0.1) is 0 Å². The van der Waals surface area contributed by atoms with Gasteiger partial charge in [-0.3, -0.25) is 19.9 Å². The highest BCUT2D eigenvalue weighted by Crippen LogP contribution is 2.21. The molecular weight excluding hydrogens is 366 g/mol. The van der Waals surface area contributed by atoms with E-state index in [0.29, 0.717) is 29.9 Å². The first-order valence-electron chi connectivity index (χ1n) is 9.64. The largest absolute Gasteiger partial charge is 0.327 e. The first-order valence-corrected chi connectivity index (χ1v) is 9.64. The molecule has 3 aromatic rings. The van der Waals surface area contributed by atoms with Crippen LogP contribution in [0, 0.1) is 0 Å². The van der Waals surface area contributed by atoms with Gasteiger partial charge in [-0.1, -0.05) is 24.3 Å². The van der Waals surface area contributed by atoms with Gasteiger partial charge in [0.05, 0.1) is 11.4 Å². The third-order valence-corrected chi connectivity index (χ3v) is 4.90. The SMILES string of the molecule is O=C(Nc1nccc(-c2ccccn2)n1)C1CCCCN1C(=O)c1ccccc1. The van der Waals surface area contributed by atoms with Crippen LogP contribution in [0.3, 0.4) is 0 Å². The van der Waals surface area contributed by atoms with E-state index in [1.807, 2.05) is 36.4 Å². The molecule has 146 valence electrons. The second kappa shape index (κ2) is 8.60. The number of piperidine rings is 1. The van der Waals surface area contributed by atoms with E-state index >= 15 is 0 Å². The maximum Gasteiger partial charge on any atom is 0.254 e. The minimum Gasteiger partial charge on any atom is -0.327 e. The third-order valence-electron chi connectivity index (χ3n) is 4.90. The molecule has 7 heteroatoms. The van der Waals surface area contributed by atoms with Gasteiger partial charge in [0.25, 0.3) is 5.91 Å². The zero-order valence-corrected chi connectivity index (χ0v) is 15.9. The number of rotatable bonds is 4. The molecule has 3 heterocycles. The van der Waals surface area contributed by atoms with E-state index in [2.05, 4.69) is 20.3 Å². The summed E-state index contributed by atoms with van der Waals surface area (Å²) >= 11 is 0. The molecule has 0 saturated carbocycles. The summed E-state index contributed by atoms with van der Waals surface area (Å²) in [4.78, 5) is 40.3. The summed E-state index contributed by atoms with van der Waals surface area (Å²) < 4.78 is 0. The van der Waals surface area contributed by atoms with Gasteiger partial charge in [-0.2, -0.15) is 0 Å². The number of aromatic nitrogens is 3. The number of nitrogens with one attached hydrogen (secondary N) is 1. The molecule has 1 unspecified atom stereocenters. The van der Waals surface area contributed by atoms with Crippen LogP contribution in [0.5, 0.6) is 0 Å². The number of pyridine rings is 1. The number of hydrogen-bond acceptors (Lipinski definition) is 5. The lowest BCUT2D eigenvalue weighted by Gasteiger charge is -2.34. The Morgan fingerprint density at radius 3 is 2.52 bits per heavy atom. The van der Waals surface area contributed by atoms with Crippen LogP contribution in [0.15, 0.2) is 67.0 Å². The quantitative estimate of drug-likeness (QED) is 0.743. The van der Waals surface area contributed by atoms with E-state index < -0.39 is 6.04 Å². The van der Waals surface area contributed by atoms with E-state index in [1.165, 1.54) is 0 Å². The molecule has 1 fully saturated rings. The summed E-state index contributed by atoms with van der Waals surface area (Å²) in [5.74, 6) is -0.198. The summed E-state index contributed by atoms with van der Waals surface area (Å²) in [7, 11) is 0. The molecule has 2 amide bonds. The molecule has 4 rings (SSSR count). The number of anilines is 1. The average molecular weight is 387 g/mol. The smallest absolute Gasteiger partial charge is 0.254 e. The Bertz CT molecular complexity index is 994. The number of benzene rings is 1. The van der Waals surface area contributed by atoms with Gasteiger partial charge in [0, 0.05) is 24.5 Å². The Morgan fingerprint density at radius 2 is 1.72 bits per heavy atom. The first kappa shape index (κ1) is 18.7. The molecule has 7 nitrogen and oxygen atoms in total. The summed E-state index contributed by atoms with van der Waals surface area (Å²) in [5.41, 5.74) is 1.90. The average Bonchev–Trinajstić information content (AvgIpc) is 2.80. The van der Waals surface area contributed by atoms with Gasteiger partial charge in [-0.05, 0) is 49.6 Å². The van der Waals surface area contributed by atoms with Crippen molar-refractivity contribution in [2.24, 2.45) is 0 Å². The molecular formula is C22H21N5O2. The minimum atomic E-state index is -0.543. The number of carbonyl (C=O) groups is 2. The van der Waals surface area contributed by atoms with E-state index in [-0.39, 0.29) is 17.8 Å². The van der Waals surface area contributed by atoms with E-state index in [9.17, 15) is 9.59 Å². The molecule has 2 aromatic heterocycles. The number of nitrogens with zero attached hydrogens (tertiary/aromatic N) is 4. The van der Waals surface area contributed by atoms with Crippen LogP contribution in [0.1, 0.15) is 29.6 Å². The predicted molar refractivity (Wildman–Crippen MR) is 109 cm³/mol. The standard InChI is InChI=1S/C22H21N5O2/c28-20(26-22-24-14-12-18(25-22)17-10-4-6-13-23-17)19-11-5-7-15-27(19)21(29)16-8-2-1-3-9-16/h1-4,6,8-10,12-14,19H,5,7,11,15H2,(H,24,25,26,28). The molecule has 0 aliphatic carbocycles. The fourth-order valence-corrected chi connectivity index (χ4v) is 3.46. The van der Waals surface area contributed by atoms with Gasteiger partial charge < -0.3 is 4.90 Å². The van der Waals surface area contributed by atoms with Gasteiger partial charge in [-0.25, -0.2) is 9.97 Å². The van der Waals surface area contributed by atoms with Crippen molar-refractivity contribution in [3.8, 4) is 11.4 Å². The fraction of sp³-hybridized carbons (Fsp3) is 0.227. The monoisotopic (exact) mass is 387 g/mol. The minimum absolute atomic E-state index is 0.131. The van der Waals surface area contributed by atoms with Gasteiger partial charge in [0.15, 0.2) is 0 Å². The predicted octanol–water partition coefficient (Wildman–Crippen LogP) is 3.17. The summed E-state index contributed by atoms with van der Waals surface area (Å²) in [5, 5.41) is 2.78. The first-order chi connectivity index (χ1) is 14.2. The van der Waals surface area contributed by atoms with Crippen molar-refractivity contribution in [1.29, 1.82) is 0 Å². The van der Waals surface area contributed by atoms with E-state index in [0.717, 1.165) is 12.8 Å². The summed E-state index contributed by atoms with van der Waals surface area (Å²) in [6, 6.07) is 15.8. The van der Waals surface area contributed by atoms with E-state index in [1.54, 1.807) is 35.5 Å². The van der Waals surface area contributed by atoms with Gasteiger partial charge in [0.1, 0.15) is 6.04 Å². The molecule has 1 atom stereocenters. The zero-order valence-electron chi connectivity index (χ0n) is 15.9. The van der Waals surface area contributed by atoms with Crippen LogP contribution in [-0.2, 0) is 4.79 Å². The van der Waals surface area contributed by atoms with Crippen LogP contribution in [0.25, 0.3) is 11.4 Å². The Kier molecular flexibility index (Phi) is 5.56. The second-order valence-corrected chi connectivity index (χ2v) is 6.85. The Hall–Kier alpha value is -3.61. The number of amides is 2. The number of carbonyl (C=O) groups excluding carboxylic acids is 2. The molecule has 0 bridgehead atoms. The maximum atomic E-state index is 13.0. The lowest BCUT2D eigenvalue weighted by Crippen LogP contribution is -2.50. The third kappa shape index (κ3) is 4.29. The highest BCUT2D eigenvalue weighted by molar-refractivity contribution is 6.00. The van der Waals surface area contributed by atoms with Crippen molar-refractivity contribution in [1.82, 2.24) is 19.9 Å². The normalized spacial score (nSPS) is 16.3. The summed E-state index contributed by atoms with van der Waals surface area (Å²) in [6.45, 7) is 0.556. The lowest BCUT2D eigenvalue weighted by atomic mass is 10.00. The molecule has 29 heavy (non-hydrogen) atoms. The molecule has 1 aromatic carbocycles. The topological polar surface area (TPSA) is 88.1 Å². The molecule has 1 aliphatic rings. The van der Waals surface area contributed by atoms with Crippen molar-refractivity contribution in [2.45, 2.75) is 25.3 Å². The maximum absolute atomic E-state index is 13.0. The van der Waals surface area contributed by atoms with Crippen molar-refractivity contribution in [3.63, 3.8) is 0 Å². The van der Waals surface area contributed by atoms with E-state index in [4.69, 9.17) is 0 Å². The summed E-state index contributed by atoms with van der Waals surface area (Å²) in [6.07, 6.45) is 5.66. The number of hydrogen-bond donors (Lipinski definition) is 1. The highest BCUT2D eigenvalue weighted by Gasteiger charge is 2.33. The van der Waals surface area contributed by atoms with Crippen LogP contribution in [0.4, 0.5) is 5.95 Å². The van der Waals surface area contributed by atoms with Gasteiger partial charge in [0.2, 0.25) is 11.9 Å². The molecule has 0 spiro atoms. The molecule has 1 N–H and O–H groups in total. The second-order valence-electron chi connectivity index (χ2n) is 6.85. The fourth-order valence-electron chi connectivity index (χ4n) is 3.46. The van der Waals surface area contributed by atoms with Crippen molar-refractivity contribution >= 4 is 17.8 Å². The highest BCUT2D eigenvalue weighted by atomic mass is 16.2. The lowest BCUT2D eigenvalue weighted by molar-refractivity contribution is -0.121. The van der Waals surface area contributed by atoms with Crippen LogP contribution in [0.2, 0.25) is 0 Å². The van der Waals surface area contributed by atoms with Crippen LogP contribution < -0.4 is 5.32 Å². The zero-order chi connectivity index (χ0) is 20.1. The molecule has 0 radical (unpaired) electrons. The molecule has 1 aliphatic heterocycles. The Balaban J connectivity index is 1.52. The van der Waals surface area contributed by atoms with Crippen molar-refractivity contribution in [3.05, 3.63) is 72.6 Å². The Labute approximate surface area is 168 Å². The molecule has 1 saturated heterocycles. The van der Waals surface area contributed by atoms with Crippen molar-refractivity contribution in [2.75, 3.05) is 11.9 Å². The van der Waals surface area contributed by atoms with Crippen LogP contribution >= 0.6 is 0 Å². The van der Waals surface area contributed by atoms with Gasteiger partial charge >= 0.3 is 0 Å². The van der Waals surface area contributed by atoms with Crippen LogP contribution in [-0.4, -0.2) is 44.3 Å². The van der Waals surface area contributed by atoms with Crippen molar-refractivity contribution < 1.29 is 9.59 Å².